The third-order valence-electron chi connectivity index (χ3n) is 6.56. The number of fused-ring (bicyclic) bond motifs is 5. The van der Waals surface area contributed by atoms with E-state index >= 15 is 0 Å². The largest absolute Gasteiger partial charge is 0.395 e. The van der Waals surface area contributed by atoms with Crippen molar-refractivity contribution in [2.24, 2.45) is 23.2 Å². The van der Waals surface area contributed by atoms with Gasteiger partial charge in [-0.15, -0.1) is 0 Å². The summed E-state index contributed by atoms with van der Waals surface area (Å²) in [6.45, 7) is 0.341. The maximum atomic E-state index is 11.6. The quantitative estimate of drug-likeness (QED) is 0.743. The van der Waals surface area contributed by atoms with Gasteiger partial charge in [0.15, 0.2) is 5.78 Å². The van der Waals surface area contributed by atoms with E-state index in [1.807, 2.05) is 6.08 Å². The molecule has 4 aliphatic rings. The third kappa shape index (κ3) is 1.70. The summed E-state index contributed by atoms with van der Waals surface area (Å²) < 4.78 is 0. The van der Waals surface area contributed by atoms with Crippen molar-refractivity contribution in [3.8, 4) is 0 Å². The first kappa shape index (κ1) is 12.8. The van der Waals surface area contributed by atoms with Gasteiger partial charge in [0.1, 0.15) is 0 Å². The Balaban J connectivity index is 1.66. The molecular formula is C18H24O2. The van der Waals surface area contributed by atoms with Crippen molar-refractivity contribution < 1.29 is 9.90 Å². The lowest BCUT2D eigenvalue weighted by molar-refractivity contribution is -0.115. The molecule has 0 aromatic rings. The van der Waals surface area contributed by atoms with Crippen molar-refractivity contribution in [2.75, 3.05) is 6.61 Å². The number of carbonyl (C=O) groups is 1. The molecule has 0 saturated heterocycles. The first-order valence-corrected chi connectivity index (χ1v) is 8.28. The Morgan fingerprint density at radius 2 is 2.00 bits per heavy atom. The number of carbonyl (C=O) groups excluding carboxylic acids is 1. The van der Waals surface area contributed by atoms with Gasteiger partial charge in [0.2, 0.25) is 0 Å². The van der Waals surface area contributed by atoms with E-state index in [4.69, 9.17) is 0 Å². The van der Waals surface area contributed by atoms with Gasteiger partial charge >= 0.3 is 0 Å². The Hall–Kier alpha value is -0.890. The van der Waals surface area contributed by atoms with Crippen LogP contribution in [-0.2, 0) is 4.79 Å². The summed E-state index contributed by atoms with van der Waals surface area (Å²) >= 11 is 0. The number of aliphatic hydroxyl groups excluding tert-OH is 1. The zero-order chi connectivity index (χ0) is 13.7. The molecule has 0 heterocycles. The Bertz CT molecular complexity index is 502. The number of hydrogen-bond acceptors (Lipinski definition) is 2. The van der Waals surface area contributed by atoms with Gasteiger partial charge in [-0.05, 0) is 68.8 Å². The molecule has 4 rings (SSSR count). The lowest BCUT2D eigenvalue weighted by Gasteiger charge is -2.50. The molecular weight excluding hydrogens is 248 g/mol. The number of allylic oxidation sites excluding steroid dienone is 3. The molecule has 20 heavy (non-hydrogen) atoms. The second kappa shape index (κ2) is 4.56. The second-order valence-corrected chi connectivity index (χ2v) is 7.32. The van der Waals surface area contributed by atoms with Crippen LogP contribution in [0.4, 0.5) is 0 Å². The molecule has 0 unspecified atom stereocenters. The topological polar surface area (TPSA) is 37.3 Å². The highest BCUT2D eigenvalue weighted by molar-refractivity contribution is 5.91. The van der Waals surface area contributed by atoms with Crippen LogP contribution in [0.3, 0.4) is 0 Å². The monoisotopic (exact) mass is 272 g/mol. The Kier molecular flexibility index (Phi) is 2.92. The van der Waals surface area contributed by atoms with Crippen LogP contribution >= 0.6 is 0 Å². The van der Waals surface area contributed by atoms with Crippen LogP contribution in [0.2, 0.25) is 0 Å². The molecule has 0 bridgehead atoms. The normalized spacial score (nSPS) is 43.2. The number of hydrogen-bond donors (Lipinski definition) is 1. The summed E-state index contributed by atoms with van der Waals surface area (Å²) in [5, 5.41) is 9.91. The van der Waals surface area contributed by atoms with Crippen LogP contribution in [0.1, 0.15) is 51.4 Å². The predicted octanol–water partition coefficient (Wildman–Crippen LogP) is 3.41. The maximum absolute atomic E-state index is 11.6. The van der Waals surface area contributed by atoms with E-state index in [9.17, 15) is 9.90 Å². The van der Waals surface area contributed by atoms with Gasteiger partial charge in [-0.2, -0.15) is 0 Å². The number of rotatable bonds is 1. The van der Waals surface area contributed by atoms with Gasteiger partial charge in [-0.25, -0.2) is 0 Å². The standard InChI is InChI=1S/C18H24O2/c19-11-18-8-1-2-17(18)16-5-3-12-10-13(20)4-6-14(12)15(16)7-9-18/h2,10,14-16,19H,1,3-9,11H2/t14-,15+,16+,18-/m0/s1. The van der Waals surface area contributed by atoms with E-state index < -0.39 is 0 Å². The zero-order valence-electron chi connectivity index (χ0n) is 12.1. The summed E-state index contributed by atoms with van der Waals surface area (Å²) in [7, 11) is 0. The predicted molar refractivity (Wildman–Crippen MR) is 78.1 cm³/mol. The Morgan fingerprint density at radius 1 is 1.15 bits per heavy atom. The zero-order valence-corrected chi connectivity index (χ0v) is 12.1. The molecule has 0 spiro atoms. The highest BCUT2D eigenvalue weighted by atomic mass is 16.3. The van der Waals surface area contributed by atoms with Crippen molar-refractivity contribution in [2.45, 2.75) is 51.4 Å². The lowest BCUT2D eigenvalue weighted by Crippen LogP contribution is -2.43. The lowest BCUT2D eigenvalue weighted by atomic mass is 9.54. The van der Waals surface area contributed by atoms with Crippen LogP contribution in [-0.4, -0.2) is 17.5 Å². The summed E-state index contributed by atoms with van der Waals surface area (Å²) in [5.41, 5.74) is 3.16. The van der Waals surface area contributed by atoms with Crippen molar-refractivity contribution in [3.63, 3.8) is 0 Å². The summed E-state index contributed by atoms with van der Waals surface area (Å²) in [6, 6.07) is 0. The van der Waals surface area contributed by atoms with Gasteiger partial charge in [0.05, 0.1) is 6.61 Å². The van der Waals surface area contributed by atoms with E-state index in [0.717, 1.165) is 44.4 Å². The minimum atomic E-state index is 0.132. The molecule has 0 aliphatic heterocycles. The molecule has 2 saturated carbocycles. The van der Waals surface area contributed by atoms with E-state index in [1.165, 1.54) is 18.4 Å². The molecule has 4 aliphatic carbocycles. The highest BCUT2D eigenvalue weighted by Gasteiger charge is 2.50. The van der Waals surface area contributed by atoms with Crippen molar-refractivity contribution >= 4 is 5.78 Å². The Morgan fingerprint density at radius 3 is 2.85 bits per heavy atom. The highest BCUT2D eigenvalue weighted by Crippen LogP contribution is 2.59. The van der Waals surface area contributed by atoms with Crippen LogP contribution in [0, 0.1) is 23.2 Å². The van der Waals surface area contributed by atoms with Crippen molar-refractivity contribution in [1.29, 1.82) is 0 Å². The molecule has 2 heteroatoms. The van der Waals surface area contributed by atoms with Gasteiger partial charge in [-0.3, -0.25) is 4.79 Å². The van der Waals surface area contributed by atoms with Gasteiger partial charge in [-0.1, -0.05) is 17.2 Å². The average Bonchev–Trinajstić information content (AvgIpc) is 2.91. The molecule has 108 valence electrons. The van der Waals surface area contributed by atoms with E-state index in [0.29, 0.717) is 24.2 Å². The number of aliphatic hydroxyl groups is 1. The fourth-order valence-electron chi connectivity index (χ4n) is 5.59. The van der Waals surface area contributed by atoms with Gasteiger partial charge < -0.3 is 5.11 Å². The molecule has 0 radical (unpaired) electrons. The van der Waals surface area contributed by atoms with Crippen molar-refractivity contribution in [1.82, 2.24) is 0 Å². The van der Waals surface area contributed by atoms with Crippen LogP contribution in [0.5, 0.6) is 0 Å². The summed E-state index contributed by atoms with van der Waals surface area (Å²) in [5.74, 6) is 2.43. The second-order valence-electron chi connectivity index (χ2n) is 7.32. The van der Waals surface area contributed by atoms with Crippen LogP contribution < -0.4 is 0 Å². The van der Waals surface area contributed by atoms with Gasteiger partial charge in [0, 0.05) is 11.8 Å². The summed E-state index contributed by atoms with van der Waals surface area (Å²) in [6.07, 6.45) is 13.3. The number of ketones is 1. The fraction of sp³-hybridized carbons (Fsp3) is 0.722. The van der Waals surface area contributed by atoms with Crippen LogP contribution in [0.15, 0.2) is 23.3 Å². The minimum absolute atomic E-state index is 0.132. The van der Waals surface area contributed by atoms with Gasteiger partial charge in [0.25, 0.3) is 0 Å². The van der Waals surface area contributed by atoms with E-state index in [2.05, 4.69) is 6.08 Å². The SMILES string of the molecule is O=C1C=C2CC[C@H]3C4=CCC[C@@]4(CO)CC[C@@H]3[C@H]2CC1. The molecule has 4 atom stereocenters. The first-order chi connectivity index (χ1) is 9.73. The minimum Gasteiger partial charge on any atom is -0.395 e. The first-order valence-electron chi connectivity index (χ1n) is 8.28. The smallest absolute Gasteiger partial charge is 0.155 e. The molecule has 1 N–H and O–H groups in total. The van der Waals surface area contributed by atoms with E-state index in [1.54, 1.807) is 5.57 Å². The average molecular weight is 272 g/mol. The molecule has 0 amide bonds. The Labute approximate surface area is 120 Å². The van der Waals surface area contributed by atoms with Crippen molar-refractivity contribution in [3.05, 3.63) is 23.3 Å². The maximum Gasteiger partial charge on any atom is 0.155 e. The van der Waals surface area contributed by atoms with Crippen LogP contribution in [0.25, 0.3) is 0 Å². The molecule has 2 fully saturated rings. The molecule has 2 nitrogen and oxygen atoms in total. The summed E-state index contributed by atoms with van der Waals surface area (Å²) in [4.78, 5) is 11.6. The fourth-order valence-corrected chi connectivity index (χ4v) is 5.59. The third-order valence-corrected chi connectivity index (χ3v) is 6.56. The molecule has 0 aromatic carbocycles. The molecule has 0 aromatic heterocycles. The van der Waals surface area contributed by atoms with E-state index in [-0.39, 0.29) is 5.41 Å².